The molecule has 3 rings (SSSR count). The van der Waals surface area contributed by atoms with Crippen molar-refractivity contribution in [2.75, 3.05) is 0 Å². The van der Waals surface area contributed by atoms with Crippen LogP contribution in [0.3, 0.4) is 0 Å². The SMILES string of the molecule is CC(C)C[C@H](NC(=O)C1O[C@H]1C(=O)N[C@@H](C)c1ccccc1)C(=O)C[C@@H](Cc1ccc(O)cc1)C(N)=O. The molecule has 1 aliphatic heterocycles. The molecule has 1 heterocycles. The van der Waals surface area contributed by atoms with Crippen molar-refractivity contribution in [2.45, 2.75) is 64.3 Å². The Morgan fingerprint density at radius 1 is 0.919 bits per heavy atom. The number of hydrogen-bond acceptors (Lipinski definition) is 6. The fraction of sp³-hybridized carbons (Fsp3) is 0.429. The van der Waals surface area contributed by atoms with E-state index in [1.54, 1.807) is 12.1 Å². The van der Waals surface area contributed by atoms with Crippen LogP contribution in [0.15, 0.2) is 54.6 Å². The Hall–Kier alpha value is -3.72. The van der Waals surface area contributed by atoms with E-state index in [1.807, 2.05) is 51.1 Å². The second kappa shape index (κ2) is 12.5. The highest BCUT2D eigenvalue weighted by Gasteiger charge is 2.51. The minimum absolute atomic E-state index is 0.0873. The van der Waals surface area contributed by atoms with Gasteiger partial charge in [0.15, 0.2) is 18.0 Å². The smallest absolute Gasteiger partial charge is 0.253 e. The molecular weight excluding hydrogens is 474 g/mol. The van der Waals surface area contributed by atoms with Gasteiger partial charge in [-0.25, -0.2) is 0 Å². The van der Waals surface area contributed by atoms with Gasteiger partial charge in [0, 0.05) is 12.3 Å². The predicted octanol–water partition coefficient (Wildman–Crippen LogP) is 2.17. The average molecular weight is 510 g/mol. The number of Topliss-reactive ketones (excluding diaryl/α,β-unsaturated/α-hetero) is 1. The molecule has 0 bridgehead atoms. The van der Waals surface area contributed by atoms with E-state index in [0.717, 1.165) is 11.1 Å². The number of phenols is 1. The number of nitrogens with one attached hydrogen (secondary N) is 2. The Bertz CT molecular complexity index is 1100. The van der Waals surface area contributed by atoms with Crippen LogP contribution in [0.5, 0.6) is 5.75 Å². The van der Waals surface area contributed by atoms with Crippen molar-refractivity contribution in [3.05, 3.63) is 65.7 Å². The number of aromatic hydroxyl groups is 1. The number of epoxide rings is 1. The highest BCUT2D eigenvalue weighted by atomic mass is 16.6. The Balaban J connectivity index is 1.58. The Labute approximate surface area is 216 Å². The van der Waals surface area contributed by atoms with Crippen molar-refractivity contribution in [1.29, 1.82) is 0 Å². The molecule has 5 N–H and O–H groups in total. The van der Waals surface area contributed by atoms with Crippen LogP contribution in [0.2, 0.25) is 0 Å². The number of primary amides is 1. The van der Waals surface area contributed by atoms with Crippen molar-refractivity contribution < 1.29 is 29.0 Å². The van der Waals surface area contributed by atoms with Gasteiger partial charge in [-0.1, -0.05) is 56.3 Å². The summed E-state index contributed by atoms with van der Waals surface area (Å²) in [4.78, 5) is 50.6. The van der Waals surface area contributed by atoms with Crippen LogP contribution in [-0.2, 0) is 30.3 Å². The van der Waals surface area contributed by atoms with Gasteiger partial charge < -0.3 is 26.2 Å². The molecule has 0 saturated carbocycles. The molecular formula is C28H35N3O6. The zero-order valence-electron chi connectivity index (χ0n) is 21.3. The van der Waals surface area contributed by atoms with E-state index in [-0.39, 0.29) is 36.3 Å². The number of carbonyl (C=O) groups is 4. The highest BCUT2D eigenvalue weighted by molar-refractivity contribution is 5.98. The molecule has 9 nitrogen and oxygen atoms in total. The quantitative estimate of drug-likeness (QED) is 0.304. The van der Waals surface area contributed by atoms with Crippen LogP contribution in [0.4, 0.5) is 0 Å². The molecule has 2 aromatic rings. The number of ketones is 1. The Kier molecular flexibility index (Phi) is 9.41. The largest absolute Gasteiger partial charge is 0.508 e. The third-order valence-electron chi connectivity index (χ3n) is 6.35. The lowest BCUT2D eigenvalue weighted by Gasteiger charge is -2.21. The van der Waals surface area contributed by atoms with Crippen molar-refractivity contribution in [3.8, 4) is 5.75 Å². The molecule has 1 unspecified atom stereocenters. The maximum absolute atomic E-state index is 13.2. The van der Waals surface area contributed by atoms with Gasteiger partial charge in [-0.3, -0.25) is 19.2 Å². The summed E-state index contributed by atoms with van der Waals surface area (Å²) in [6.07, 6.45) is -1.44. The molecule has 0 spiro atoms. The second-order valence-corrected chi connectivity index (χ2v) is 9.95. The Morgan fingerprint density at radius 2 is 1.51 bits per heavy atom. The zero-order chi connectivity index (χ0) is 27.1. The van der Waals surface area contributed by atoms with Gasteiger partial charge in [0.1, 0.15) is 5.75 Å². The Morgan fingerprint density at radius 3 is 2.08 bits per heavy atom. The van der Waals surface area contributed by atoms with Crippen molar-refractivity contribution in [1.82, 2.24) is 10.6 Å². The van der Waals surface area contributed by atoms with Gasteiger partial charge in [0.2, 0.25) is 5.91 Å². The van der Waals surface area contributed by atoms with Gasteiger partial charge in [-0.15, -0.1) is 0 Å². The van der Waals surface area contributed by atoms with Crippen molar-refractivity contribution >= 4 is 23.5 Å². The van der Waals surface area contributed by atoms with Gasteiger partial charge in [0.05, 0.1) is 12.1 Å². The molecule has 3 amide bonds. The summed E-state index contributed by atoms with van der Waals surface area (Å²) < 4.78 is 5.34. The normalized spacial score (nSPS) is 18.9. The van der Waals surface area contributed by atoms with Crippen molar-refractivity contribution in [3.63, 3.8) is 0 Å². The summed E-state index contributed by atoms with van der Waals surface area (Å²) in [6, 6.07) is 14.7. The molecule has 1 aliphatic rings. The molecule has 5 atom stereocenters. The standard InChI is InChI=1S/C28H35N3O6/c1-16(2)13-22(23(33)15-20(26(29)34)14-18-9-11-21(32)12-10-18)31-28(36)25-24(37-25)27(35)30-17(3)19-7-5-4-6-8-19/h4-12,16-17,20,22,24-25,32H,13-15H2,1-3H3,(H2,29,34)(H,30,35)(H,31,36)/t17-,20+,22-,24+,25?/m0/s1. The predicted molar refractivity (Wildman–Crippen MR) is 137 cm³/mol. The minimum Gasteiger partial charge on any atom is -0.508 e. The van der Waals surface area contributed by atoms with E-state index >= 15 is 0 Å². The lowest BCUT2D eigenvalue weighted by Crippen LogP contribution is -2.46. The highest BCUT2D eigenvalue weighted by Crippen LogP contribution is 2.25. The van der Waals surface area contributed by atoms with Gasteiger partial charge >= 0.3 is 0 Å². The van der Waals surface area contributed by atoms with Crippen LogP contribution >= 0.6 is 0 Å². The van der Waals surface area contributed by atoms with Crippen LogP contribution < -0.4 is 16.4 Å². The van der Waals surface area contributed by atoms with E-state index in [9.17, 15) is 24.3 Å². The summed E-state index contributed by atoms with van der Waals surface area (Å²) in [5, 5.41) is 15.0. The first kappa shape index (κ1) is 27.9. The van der Waals surface area contributed by atoms with Crippen LogP contribution in [-0.4, -0.2) is 46.9 Å². The maximum Gasteiger partial charge on any atom is 0.253 e. The molecule has 198 valence electrons. The molecule has 1 fully saturated rings. The van der Waals surface area contributed by atoms with Gasteiger partial charge in [-0.05, 0) is 48.9 Å². The first-order valence-electron chi connectivity index (χ1n) is 12.5. The van der Waals surface area contributed by atoms with E-state index in [4.69, 9.17) is 10.5 Å². The molecule has 2 aromatic carbocycles. The molecule has 0 aromatic heterocycles. The summed E-state index contributed by atoms with van der Waals surface area (Å²) >= 11 is 0. The van der Waals surface area contributed by atoms with Gasteiger partial charge in [-0.2, -0.15) is 0 Å². The summed E-state index contributed by atoms with van der Waals surface area (Å²) in [5.74, 6) is -2.46. The van der Waals surface area contributed by atoms with Gasteiger partial charge in [0.25, 0.3) is 11.8 Å². The number of nitrogens with two attached hydrogens (primary N) is 1. The first-order valence-corrected chi connectivity index (χ1v) is 12.5. The lowest BCUT2D eigenvalue weighted by molar-refractivity contribution is -0.131. The van der Waals surface area contributed by atoms with Crippen molar-refractivity contribution in [2.24, 2.45) is 17.6 Å². The number of carbonyl (C=O) groups excluding carboxylic acids is 4. The van der Waals surface area contributed by atoms with E-state index in [2.05, 4.69) is 10.6 Å². The maximum atomic E-state index is 13.2. The topological polar surface area (TPSA) is 151 Å². The van der Waals surface area contributed by atoms with Crippen LogP contribution in [0.25, 0.3) is 0 Å². The zero-order valence-corrected chi connectivity index (χ0v) is 21.3. The number of rotatable bonds is 13. The number of phenolic OH excluding ortho intramolecular Hbond substituents is 1. The summed E-state index contributed by atoms with van der Waals surface area (Å²) in [7, 11) is 0. The lowest BCUT2D eigenvalue weighted by atomic mass is 9.89. The van der Waals surface area contributed by atoms with E-state index in [0.29, 0.717) is 6.42 Å². The molecule has 0 aliphatic carbocycles. The number of benzene rings is 2. The fourth-order valence-corrected chi connectivity index (χ4v) is 4.20. The third-order valence-corrected chi connectivity index (χ3v) is 6.35. The average Bonchev–Trinajstić information content (AvgIpc) is 3.66. The molecule has 37 heavy (non-hydrogen) atoms. The monoisotopic (exact) mass is 509 g/mol. The van der Waals surface area contributed by atoms with Crippen LogP contribution in [0, 0.1) is 11.8 Å². The summed E-state index contributed by atoms with van der Waals surface area (Å²) in [5.41, 5.74) is 7.25. The number of amides is 3. The van der Waals surface area contributed by atoms with Crippen LogP contribution in [0.1, 0.15) is 50.8 Å². The minimum atomic E-state index is -0.977. The molecule has 1 saturated heterocycles. The second-order valence-electron chi connectivity index (χ2n) is 9.95. The number of hydrogen-bond donors (Lipinski definition) is 4. The summed E-state index contributed by atoms with van der Waals surface area (Å²) in [6.45, 7) is 5.68. The first-order chi connectivity index (χ1) is 17.5. The molecule has 0 radical (unpaired) electrons. The van der Waals surface area contributed by atoms with E-state index in [1.165, 1.54) is 12.1 Å². The fourth-order valence-electron chi connectivity index (χ4n) is 4.20. The third kappa shape index (κ3) is 8.15. The molecule has 9 heteroatoms. The number of ether oxygens (including phenoxy) is 1. The van der Waals surface area contributed by atoms with E-state index < -0.39 is 41.9 Å².